The molecule has 1 aliphatic rings. The van der Waals surface area contributed by atoms with Gasteiger partial charge in [-0.2, -0.15) is 0 Å². The second-order valence-corrected chi connectivity index (χ2v) is 12.0. The van der Waals surface area contributed by atoms with Crippen LogP contribution in [0.3, 0.4) is 0 Å². The quantitative estimate of drug-likeness (QED) is 0.187. The molecule has 2 N–H and O–H groups in total. The number of nitrogens with one attached hydrogen (secondary N) is 1. The van der Waals surface area contributed by atoms with Crippen molar-refractivity contribution in [2.75, 3.05) is 13.1 Å². The van der Waals surface area contributed by atoms with E-state index >= 15 is 0 Å². The van der Waals surface area contributed by atoms with Gasteiger partial charge >= 0.3 is 5.97 Å². The zero-order valence-corrected chi connectivity index (χ0v) is 27.1. The molecule has 230 valence electrons. The van der Waals surface area contributed by atoms with Crippen LogP contribution in [0.15, 0.2) is 47.5 Å². The molecule has 0 bridgehead atoms. The molecule has 1 unspecified atom stereocenters. The molecular weight excluding hydrogens is 573 g/mol. The van der Waals surface area contributed by atoms with Crippen LogP contribution in [0.1, 0.15) is 101 Å². The van der Waals surface area contributed by atoms with Gasteiger partial charge in [-0.1, -0.05) is 70.0 Å². The fourth-order valence-corrected chi connectivity index (χ4v) is 5.96. The van der Waals surface area contributed by atoms with Crippen LogP contribution in [0, 0.1) is 11.8 Å². The highest BCUT2D eigenvalue weighted by Gasteiger charge is 2.41. The highest BCUT2D eigenvalue weighted by atomic mass is 35.5. The van der Waals surface area contributed by atoms with Gasteiger partial charge in [0.2, 0.25) is 6.41 Å². The number of carboxylic acids is 1. The number of nitrogens with zero attached hydrogens (tertiary/aromatic N) is 2. The summed E-state index contributed by atoms with van der Waals surface area (Å²) in [6, 6.07) is 12.6. The molecule has 7 nitrogen and oxygen atoms in total. The second-order valence-electron chi connectivity index (χ2n) is 11.1. The Balaban J connectivity index is 0.00000301. The second kappa shape index (κ2) is 16.7. The minimum absolute atomic E-state index is 0.00913. The standard InChI is InChI=1S/C31H39Cl2N3O4.C2H6/c1-20(2)23-9-12-31(13-10-23,35-22(4)26-15-27(32)17-28(33)16-26)36(19-37)18-21(3)24-5-7-25(8-6-24)30(40)34-14-11-29(38)39;1-2/h5-8,15-17,19-21,23H,9-14,18H2,1-4H3,(H,34,40)(H,38,39);1-2H3/b35-22+;. The van der Waals surface area contributed by atoms with Crippen molar-refractivity contribution in [1.29, 1.82) is 0 Å². The van der Waals surface area contributed by atoms with Gasteiger partial charge in [-0.15, -0.1) is 0 Å². The van der Waals surface area contributed by atoms with E-state index in [1.165, 1.54) is 0 Å². The average Bonchev–Trinajstić information content (AvgIpc) is 2.96. The van der Waals surface area contributed by atoms with Crippen LogP contribution >= 0.6 is 23.2 Å². The third kappa shape index (κ3) is 9.84. The summed E-state index contributed by atoms with van der Waals surface area (Å²) in [6.45, 7) is 13.0. The Labute approximate surface area is 260 Å². The highest BCUT2D eigenvalue weighted by Crippen LogP contribution is 2.41. The average molecular weight is 619 g/mol. The summed E-state index contributed by atoms with van der Waals surface area (Å²) in [6.07, 6.45) is 4.28. The van der Waals surface area contributed by atoms with E-state index in [2.05, 4.69) is 26.1 Å². The first kappa shape index (κ1) is 35.3. The number of aliphatic carboxylic acids is 1. The lowest BCUT2D eigenvalue weighted by atomic mass is 9.76. The molecule has 2 aromatic carbocycles. The van der Waals surface area contributed by atoms with E-state index in [1.807, 2.05) is 49.9 Å². The molecule has 42 heavy (non-hydrogen) atoms. The van der Waals surface area contributed by atoms with Crippen molar-refractivity contribution < 1.29 is 19.5 Å². The van der Waals surface area contributed by atoms with Gasteiger partial charge in [0.15, 0.2) is 0 Å². The third-order valence-corrected chi connectivity index (χ3v) is 8.37. The van der Waals surface area contributed by atoms with Crippen LogP contribution in [0.2, 0.25) is 10.0 Å². The molecule has 3 rings (SSSR count). The predicted octanol–water partition coefficient (Wildman–Crippen LogP) is 7.84. The smallest absolute Gasteiger partial charge is 0.305 e. The van der Waals surface area contributed by atoms with Crippen molar-refractivity contribution >= 4 is 47.2 Å². The summed E-state index contributed by atoms with van der Waals surface area (Å²) in [7, 11) is 0. The minimum Gasteiger partial charge on any atom is -0.481 e. The van der Waals surface area contributed by atoms with Crippen LogP contribution < -0.4 is 5.32 Å². The fourth-order valence-electron chi connectivity index (χ4n) is 5.43. The van der Waals surface area contributed by atoms with E-state index in [9.17, 15) is 14.4 Å². The predicted molar refractivity (Wildman–Crippen MR) is 172 cm³/mol. The summed E-state index contributed by atoms with van der Waals surface area (Å²) in [5.41, 5.74) is 2.38. The maximum atomic E-state index is 12.6. The molecule has 0 radical (unpaired) electrons. The number of halogens is 2. The normalized spacial score (nSPS) is 19.4. The molecule has 0 heterocycles. The van der Waals surface area contributed by atoms with Gasteiger partial charge in [0, 0.05) is 34.4 Å². The van der Waals surface area contributed by atoms with Gasteiger partial charge < -0.3 is 15.3 Å². The maximum absolute atomic E-state index is 12.6. The van der Waals surface area contributed by atoms with E-state index in [0.29, 0.717) is 34.0 Å². The summed E-state index contributed by atoms with van der Waals surface area (Å²) < 4.78 is 0. The lowest BCUT2D eigenvalue weighted by Gasteiger charge is -2.45. The van der Waals surface area contributed by atoms with Crippen LogP contribution in [-0.4, -0.2) is 52.8 Å². The van der Waals surface area contributed by atoms with Crippen molar-refractivity contribution in [2.24, 2.45) is 16.8 Å². The lowest BCUT2D eigenvalue weighted by molar-refractivity contribution is -0.136. The summed E-state index contributed by atoms with van der Waals surface area (Å²) in [5, 5.41) is 12.5. The Hall–Kier alpha value is -2.90. The number of amides is 2. The third-order valence-electron chi connectivity index (χ3n) is 7.93. The summed E-state index contributed by atoms with van der Waals surface area (Å²) in [5.74, 6) is -0.134. The van der Waals surface area contributed by atoms with Crippen molar-refractivity contribution in [2.45, 2.75) is 85.2 Å². The number of rotatable bonds is 12. The van der Waals surface area contributed by atoms with E-state index < -0.39 is 11.6 Å². The zero-order valence-electron chi connectivity index (χ0n) is 25.6. The van der Waals surface area contributed by atoms with Gasteiger partial charge in [0.25, 0.3) is 5.91 Å². The number of carbonyl (C=O) groups excluding carboxylic acids is 2. The Morgan fingerprint density at radius 1 is 1.05 bits per heavy atom. The molecule has 0 aromatic heterocycles. The van der Waals surface area contributed by atoms with Crippen LogP contribution in [0.25, 0.3) is 0 Å². The van der Waals surface area contributed by atoms with Gasteiger partial charge in [-0.25, -0.2) is 0 Å². The topological polar surface area (TPSA) is 99.1 Å². The number of carbonyl (C=O) groups is 3. The molecule has 1 aliphatic carbocycles. The number of hydrogen-bond donors (Lipinski definition) is 2. The van der Waals surface area contributed by atoms with Gasteiger partial charge in [0.1, 0.15) is 5.66 Å². The van der Waals surface area contributed by atoms with Gasteiger partial charge in [-0.3, -0.25) is 19.4 Å². The first-order valence-electron chi connectivity index (χ1n) is 14.8. The Bertz CT molecular complexity index is 1200. The first-order chi connectivity index (χ1) is 19.9. The SMILES string of the molecule is C/C(=N\C1(N(C=O)CC(C)c2ccc(C(=O)NCCC(=O)O)cc2)CCC(C(C)C)CC1)c1cc(Cl)cc(Cl)c1.CC. The Morgan fingerprint density at radius 2 is 1.62 bits per heavy atom. The van der Waals surface area contributed by atoms with Crippen LogP contribution in [-0.2, 0) is 9.59 Å². The number of benzene rings is 2. The van der Waals surface area contributed by atoms with Crippen LogP contribution in [0.4, 0.5) is 0 Å². The number of carboxylic acid groups (broad SMARTS) is 1. The van der Waals surface area contributed by atoms with Gasteiger partial charge in [0.05, 0.1) is 6.42 Å². The lowest BCUT2D eigenvalue weighted by Crippen LogP contribution is -2.51. The Morgan fingerprint density at radius 3 is 2.12 bits per heavy atom. The monoisotopic (exact) mass is 617 g/mol. The van der Waals surface area contributed by atoms with Crippen molar-refractivity contribution in [1.82, 2.24) is 10.2 Å². The number of hydrogen-bond acceptors (Lipinski definition) is 4. The maximum Gasteiger partial charge on any atom is 0.305 e. The van der Waals surface area contributed by atoms with Crippen molar-refractivity contribution in [3.05, 3.63) is 69.2 Å². The first-order valence-corrected chi connectivity index (χ1v) is 15.5. The van der Waals surface area contributed by atoms with E-state index in [1.54, 1.807) is 18.2 Å². The zero-order chi connectivity index (χ0) is 31.4. The largest absolute Gasteiger partial charge is 0.481 e. The van der Waals surface area contributed by atoms with Crippen molar-refractivity contribution in [3.63, 3.8) is 0 Å². The summed E-state index contributed by atoms with van der Waals surface area (Å²) in [4.78, 5) is 42.7. The van der Waals surface area contributed by atoms with Gasteiger partial charge in [-0.05, 0) is 91.8 Å². The molecule has 2 amide bonds. The molecule has 9 heteroatoms. The van der Waals surface area contributed by atoms with E-state index in [4.69, 9.17) is 33.3 Å². The molecule has 0 spiro atoms. The van der Waals surface area contributed by atoms with Crippen molar-refractivity contribution in [3.8, 4) is 0 Å². The molecule has 1 atom stereocenters. The highest BCUT2D eigenvalue weighted by molar-refractivity contribution is 6.35. The Kier molecular flexibility index (Phi) is 14.0. The molecule has 2 aromatic rings. The molecule has 1 saturated carbocycles. The molecular formula is C33H45Cl2N3O4. The van der Waals surface area contributed by atoms with E-state index in [-0.39, 0.29) is 24.8 Å². The fraction of sp³-hybridized carbons (Fsp3) is 0.515. The minimum atomic E-state index is -0.962. The summed E-state index contributed by atoms with van der Waals surface area (Å²) >= 11 is 12.5. The molecule has 0 aliphatic heterocycles. The van der Waals surface area contributed by atoms with Crippen LogP contribution in [0.5, 0.6) is 0 Å². The number of aliphatic imine (C=N–C) groups is 1. The molecule has 0 saturated heterocycles. The van der Waals surface area contributed by atoms with E-state index in [0.717, 1.165) is 48.9 Å². The molecule has 1 fully saturated rings.